The summed E-state index contributed by atoms with van der Waals surface area (Å²) in [6.45, 7) is 4.07. The van der Waals surface area contributed by atoms with Crippen molar-refractivity contribution >= 4 is 32.8 Å². The van der Waals surface area contributed by atoms with Crippen LogP contribution in [0.3, 0.4) is 0 Å². The zero-order valence-electron chi connectivity index (χ0n) is 17.3. The first-order valence-electron chi connectivity index (χ1n) is 10.3. The normalized spacial score (nSPS) is 11.5. The summed E-state index contributed by atoms with van der Waals surface area (Å²) in [5.74, 6) is 0. The summed E-state index contributed by atoms with van der Waals surface area (Å²) in [5, 5.41) is 4.39. The van der Waals surface area contributed by atoms with Gasteiger partial charge in [0.1, 0.15) is 5.58 Å². The first kappa shape index (κ1) is 17.8. The highest BCUT2D eigenvalue weighted by Gasteiger charge is 2.15. The van der Waals surface area contributed by atoms with E-state index in [1.807, 2.05) is 37.6 Å². The van der Waals surface area contributed by atoms with E-state index >= 15 is 0 Å². The van der Waals surface area contributed by atoms with Crippen molar-refractivity contribution in [3.63, 3.8) is 0 Å². The quantitative estimate of drug-likeness (QED) is 0.317. The molecule has 148 valence electrons. The number of fused-ring (bicyclic) bond motifs is 4. The molecular weight excluding hydrogens is 382 g/mol. The van der Waals surface area contributed by atoms with Gasteiger partial charge in [0.15, 0.2) is 0 Å². The molecular formula is C27H19N3O. The smallest absolute Gasteiger partial charge is 0.227 e. The van der Waals surface area contributed by atoms with Crippen molar-refractivity contribution in [3.8, 4) is 22.4 Å². The number of hydrogen-bond acceptors (Lipinski definition) is 4. The number of para-hydroxylation sites is 1. The molecule has 0 amide bonds. The predicted molar refractivity (Wildman–Crippen MR) is 125 cm³/mol. The summed E-state index contributed by atoms with van der Waals surface area (Å²) in [6.07, 6.45) is 5.66. The van der Waals surface area contributed by atoms with Crippen molar-refractivity contribution in [2.75, 3.05) is 0 Å². The maximum atomic E-state index is 6.19. The Bertz CT molecular complexity index is 1610. The van der Waals surface area contributed by atoms with Gasteiger partial charge in [0.2, 0.25) is 5.71 Å². The van der Waals surface area contributed by atoms with Gasteiger partial charge in [-0.3, -0.25) is 9.97 Å². The van der Waals surface area contributed by atoms with Gasteiger partial charge in [-0.05, 0) is 72.3 Å². The monoisotopic (exact) mass is 401 g/mol. The Morgan fingerprint density at radius 3 is 2.65 bits per heavy atom. The van der Waals surface area contributed by atoms with Crippen LogP contribution in [0.15, 0.2) is 83.7 Å². The fraction of sp³-hybridized carbons (Fsp3) is 0.0741. The first-order chi connectivity index (χ1) is 15.2. The van der Waals surface area contributed by atoms with Crippen LogP contribution in [0.5, 0.6) is 0 Å². The standard InChI is InChI=1S/C27H19N3O/c1-16-14-29-25(13-24(16)19-7-8-20-15-28-11-10-18(20)12-19)23-5-3-4-21-22-9-6-17(2)30-27(22)31-26(21)23/h3-15H,1-2H3. The molecule has 0 aliphatic carbocycles. The van der Waals surface area contributed by atoms with Gasteiger partial charge in [-0.1, -0.05) is 24.3 Å². The van der Waals surface area contributed by atoms with E-state index in [2.05, 4.69) is 65.4 Å². The van der Waals surface area contributed by atoms with Crippen molar-refractivity contribution in [2.24, 2.45) is 0 Å². The number of rotatable bonds is 2. The van der Waals surface area contributed by atoms with Gasteiger partial charge in [0, 0.05) is 46.0 Å². The van der Waals surface area contributed by atoms with Gasteiger partial charge in [-0.2, -0.15) is 0 Å². The van der Waals surface area contributed by atoms with Gasteiger partial charge in [0.25, 0.3) is 0 Å². The second kappa shape index (κ2) is 6.74. The Balaban J connectivity index is 1.56. The third kappa shape index (κ3) is 2.88. The number of aromatic nitrogens is 3. The zero-order valence-corrected chi connectivity index (χ0v) is 17.3. The molecule has 0 N–H and O–H groups in total. The van der Waals surface area contributed by atoms with Crippen molar-refractivity contribution in [2.45, 2.75) is 13.8 Å². The maximum absolute atomic E-state index is 6.19. The molecule has 0 spiro atoms. The summed E-state index contributed by atoms with van der Waals surface area (Å²) in [4.78, 5) is 13.5. The van der Waals surface area contributed by atoms with E-state index < -0.39 is 0 Å². The average molecular weight is 401 g/mol. The highest BCUT2D eigenvalue weighted by Crippen LogP contribution is 2.36. The number of benzene rings is 2. The summed E-state index contributed by atoms with van der Waals surface area (Å²) >= 11 is 0. The van der Waals surface area contributed by atoms with Crippen molar-refractivity contribution in [1.82, 2.24) is 15.0 Å². The molecule has 4 heterocycles. The molecule has 6 aromatic rings. The second-order valence-electron chi connectivity index (χ2n) is 7.91. The summed E-state index contributed by atoms with van der Waals surface area (Å²) in [5.41, 5.74) is 7.73. The largest absolute Gasteiger partial charge is 0.437 e. The lowest BCUT2D eigenvalue weighted by atomic mass is 9.97. The van der Waals surface area contributed by atoms with Crippen LogP contribution in [-0.2, 0) is 0 Å². The topological polar surface area (TPSA) is 51.8 Å². The van der Waals surface area contributed by atoms with E-state index in [1.54, 1.807) is 0 Å². The van der Waals surface area contributed by atoms with Gasteiger partial charge in [0.05, 0.1) is 5.69 Å². The van der Waals surface area contributed by atoms with Crippen LogP contribution in [0.1, 0.15) is 11.3 Å². The molecule has 6 rings (SSSR count). The van der Waals surface area contributed by atoms with Gasteiger partial charge < -0.3 is 4.42 Å². The highest BCUT2D eigenvalue weighted by atomic mass is 16.3. The molecule has 0 saturated heterocycles. The van der Waals surface area contributed by atoms with E-state index in [4.69, 9.17) is 9.40 Å². The predicted octanol–water partition coefficient (Wildman–Crippen LogP) is 6.88. The lowest BCUT2D eigenvalue weighted by molar-refractivity contribution is 0.653. The minimum atomic E-state index is 0.665. The third-order valence-corrected chi connectivity index (χ3v) is 5.83. The lowest BCUT2D eigenvalue weighted by Crippen LogP contribution is -1.90. The van der Waals surface area contributed by atoms with Crippen molar-refractivity contribution in [1.29, 1.82) is 0 Å². The summed E-state index contributed by atoms with van der Waals surface area (Å²) in [7, 11) is 0. The molecule has 0 saturated carbocycles. The molecule has 0 radical (unpaired) electrons. The highest BCUT2D eigenvalue weighted by molar-refractivity contribution is 6.08. The van der Waals surface area contributed by atoms with Crippen LogP contribution in [0.4, 0.5) is 0 Å². The summed E-state index contributed by atoms with van der Waals surface area (Å²) in [6, 6.07) is 20.9. The lowest BCUT2D eigenvalue weighted by Gasteiger charge is -2.10. The van der Waals surface area contributed by atoms with Crippen LogP contribution < -0.4 is 0 Å². The van der Waals surface area contributed by atoms with Crippen molar-refractivity contribution < 1.29 is 4.42 Å². The fourth-order valence-corrected chi connectivity index (χ4v) is 4.21. The SMILES string of the molecule is Cc1ccc2c(n1)oc1c(-c3cc(-c4ccc5cnccc5c4)c(C)cn3)cccc12. The second-order valence-corrected chi connectivity index (χ2v) is 7.91. The van der Waals surface area contributed by atoms with E-state index in [0.717, 1.165) is 55.4 Å². The van der Waals surface area contributed by atoms with Crippen LogP contribution in [-0.4, -0.2) is 15.0 Å². The number of hydrogen-bond donors (Lipinski definition) is 0. The number of furan rings is 1. The summed E-state index contributed by atoms with van der Waals surface area (Å²) < 4.78 is 6.19. The molecule has 4 heteroatoms. The first-order valence-corrected chi connectivity index (χ1v) is 10.3. The fourth-order valence-electron chi connectivity index (χ4n) is 4.21. The molecule has 0 fully saturated rings. The number of aryl methyl sites for hydroxylation is 2. The molecule has 2 aromatic carbocycles. The molecule has 0 unspecified atom stereocenters. The van der Waals surface area contributed by atoms with E-state index in [1.165, 1.54) is 5.39 Å². The Morgan fingerprint density at radius 2 is 1.71 bits per heavy atom. The number of nitrogens with zero attached hydrogens (tertiary/aromatic N) is 3. The Kier molecular flexibility index (Phi) is 3.87. The molecule has 0 aliphatic heterocycles. The molecule has 0 aliphatic rings. The van der Waals surface area contributed by atoms with E-state index in [9.17, 15) is 0 Å². The van der Waals surface area contributed by atoms with Gasteiger partial charge in [-0.15, -0.1) is 0 Å². The van der Waals surface area contributed by atoms with Crippen LogP contribution >= 0.6 is 0 Å². The van der Waals surface area contributed by atoms with Gasteiger partial charge in [-0.25, -0.2) is 4.98 Å². The molecule has 0 bridgehead atoms. The molecule has 4 aromatic heterocycles. The Morgan fingerprint density at radius 1 is 0.774 bits per heavy atom. The average Bonchev–Trinajstić information content (AvgIpc) is 3.17. The van der Waals surface area contributed by atoms with Crippen LogP contribution in [0, 0.1) is 13.8 Å². The maximum Gasteiger partial charge on any atom is 0.227 e. The Labute approximate surface area is 179 Å². The Hall–Kier alpha value is -4.05. The van der Waals surface area contributed by atoms with Crippen molar-refractivity contribution in [3.05, 3.63) is 90.5 Å². The van der Waals surface area contributed by atoms with Gasteiger partial charge >= 0.3 is 0 Å². The molecule has 0 atom stereocenters. The van der Waals surface area contributed by atoms with E-state index in [-0.39, 0.29) is 0 Å². The molecule has 31 heavy (non-hydrogen) atoms. The molecule has 4 nitrogen and oxygen atoms in total. The van der Waals surface area contributed by atoms with E-state index in [0.29, 0.717) is 5.71 Å². The van der Waals surface area contributed by atoms with Crippen LogP contribution in [0.2, 0.25) is 0 Å². The van der Waals surface area contributed by atoms with Crippen LogP contribution in [0.25, 0.3) is 55.2 Å². The minimum Gasteiger partial charge on any atom is -0.437 e. The number of pyridine rings is 3. The third-order valence-electron chi connectivity index (χ3n) is 5.83. The minimum absolute atomic E-state index is 0.665. The zero-order chi connectivity index (χ0) is 20.9.